The van der Waals surface area contributed by atoms with Crippen molar-refractivity contribution in [2.75, 3.05) is 38.3 Å². The molecule has 6 nitrogen and oxygen atoms in total. The number of ether oxygens (including phenoxy) is 1. The van der Waals surface area contributed by atoms with Gasteiger partial charge in [0.1, 0.15) is 4.32 Å². The topological polar surface area (TPSA) is 66.9 Å². The van der Waals surface area contributed by atoms with Gasteiger partial charge in [0, 0.05) is 39.0 Å². The lowest BCUT2D eigenvalue weighted by Gasteiger charge is -2.25. The number of carbonyl (C=O) groups excluding carboxylic acids is 1. The zero-order valence-corrected chi connectivity index (χ0v) is 15.8. The van der Waals surface area contributed by atoms with E-state index in [1.165, 1.54) is 11.8 Å². The second-order valence-electron chi connectivity index (χ2n) is 5.55. The zero-order valence-electron chi connectivity index (χ0n) is 13.4. The van der Waals surface area contributed by atoms with E-state index < -0.39 is 9.84 Å². The van der Waals surface area contributed by atoms with Crippen molar-refractivity contribution in [3.05, 3.63) is 11.1 Å². The van der Waals surface area contributed by atoms with E-state index in [1.807, 2.05) is 11.8 Å². The number of hydrogen-bond donors (Lipinski definition) is 0. The molecular weight excluding hydrogens is 356 g/mol. The van der Waals surface area contributed by atoms with Crippen LogP contribution in [0.5, 0.6) is 0 Å². The number of hydrogen-bond acceptors (Lipinski definition) is 7. The molecule has 23 heavy (non-hydrogen) atoms. The number of thioether (sulfide) groups is 1. The molecule has 0 spiro atoms. The predicted molar refractivity (Wildman–Crippen MR) is 95.9 cm³/mol. The molecule has 0 aromatic heterocycles. The van der Waals surface area contributed by atoms with Gasteiger partial charge in [-0.2, -0.15) is 0 Å². The van der Waals surface area contributed by atoms with E-state index in [-0.39, 0.29) is 23.5 Å². The Morgan fingerprint density at radius 1 is 1.52 bits per heavy atom. The Labute approximate surface area is 147 Å². The average Bonchev–Trinajstić information content (AvgIpc) is 2.98. The van der Waals surface area contributed by atoms with Gasteiger partial charge in [0.05, 0.1) is 16.4 Å². The van der Waals surface area contributed by atoms with E-state index in [1.54, 1.807) is 18.2 Å². The summed E-state index contributed by atoms with van der Waals surface area (Å²) in [5.41, 5.74) is 0. The van der Waals surface area contributed by atoms with Crippen molar-refractivity contribution in [1.29, 1.82) is 0 Å². The molecule has 0 aliphatic carbocycles. The Bertz CT molecular complexity index is 603. The Hall–Kier alpha value is -0.640. The van der Waals surface area contributed by atoms with Gasteiger partial charge in [0.2, 0.25) is 0 Å². The molecule has 1 atom stereocenters. The number of methoxy groups -OCH3 is 1. The van der Waals surface area contributed by atoms with Crippen molar-refractivity contribution in [1.82, 2.24) is 9.80 Å². The first-order chi connectivity index (χ1) is 10.9. The van der Waals surface area contributed by atoms with Crippen LogP contribution in [0.25, 0.3) is 0 Å². The average molecular weight is 379 g/mol. The van der Waals surface area contributed by atoms with Crippen LogP contribution in [0.1, 0.15) is 19.8 Å². The van der Waals surface area contributed by atoms with Crippen molar-refractivity contribution < 1.29 is 17.9 Å². The summed E-state index contributed by atoms with van der Waals surface area (Å²) in [6.45, 7) is 3.74. The Morgan fingerprint density at radius 2 is 2.26 bits per heavy atom. The maximum absolute atomic E-state index is 12.5. The van der Waals surface area contributed by atoms with Crippen LogP contribution >= 0.6 is 24.0 Å². The van der Waals surface area contributed by atoms with Crippen LogP contribution in [0.15, 0.2) is 11.1 Å². The molecule has 0 unspecified atom stereocenters. The third kappa shape index (κ3) is 4.68. The highest BCUT2D eigenvalue weighted by Crippen LogP contribution is 2.32. The smallest absolute Gasteiger partial charge is 0.267 e. The van der Waals surface area contributed by atoms with Crippen LogP contribution < -0.4 is 0 Å². The van der Waals surface area contributed by atoms with E-state index in [0.717, 1.165) is 6.42 Å². The molecule has 2 saturated heterocycles. The first-order valence-electron chi connectivity index (χ1n) is 7.58. The van der Waals surface area contributed by atoms with Gasteiger partial charge in [-0.3, -0.25) is 9.69 Å². The molecular formula is C14H22N2O4S3. The summed E-state index contributed by atoms with van der Waals surface area (Å²) < 4.78 is 28.9. The number of nitrogens with zero attached hydrogens (tertiary/aromatic N) is 2. The molecule has 2 aliphatic heterocycles. The lowest BCUT2D eigenvalue weighted by atomic mass is 10.2. The molecule has 130 valence electrons. The highest BCUT2D eigenvalue weighted by Gasteiger charge is 2.35. The van der Waals surface area contributed by atoms with Gasteiger partial charge in [-0.25, -0.2) is 8.42 Å². The van der Waals surface area contributed by atoms with Crippen molar-refractivity contribution in [2.45, 2.75) is 25.8 Å². The molecule has 2 fully saturated rings. The van der Waals surface area contributed by atoms with Gasteiger partial charge in [0.25, 0.3) is 5.91 Å². The number of sulfone groups is 1. The minimum atomic E-state index is -2.95. The standard InChI is InChI=1S/C14H22N2O4S3/c1-3-15(11-5-8-23(18,19)10-11)9-12-13(17)16(14(21)22-12)6-4-7-20-2/h9,11H,3-8,10H2,1-2H3/b12-9-/t11-/m0/s1. The van der Waals surface area contributed by atoms with Crippen molar-refractivity contribution in [2.24, 2.45) is 0 Å². The summed E-state index contributed by atoms with van der Waals surface area (Å²) >= 11 is 6.56. The molecule has 0 radical (unpaired) electrons. The first kappa shape index (κ1) is 18.7. The van der Waals surface area contributed by atoms with Crippen LogP contribution in [-0.2, 0) is 19.4 Å². The molecule has 9 heteroatoms. The summed E-state index contributed by atoms with van der Waals surface area (Å²) in [6, 6.07) is -0.0537. The predicted octanol–water partition coefficient (Wildman–Crippen LogP) is 1.23. The third-order valence-corrected chi connectivity index (χ3v) is 7.05. The maximum Gasteiger partial charge on any atom is 0.267 e. The largest absolute Gasteiger partial charge is 0.385 e. The van der Waals surface area contributed by atoms with Crippen LogP contribution in [0.2, 0.25) is 0 Å². The molecule has 0 aromatic carbocycles. The fourth-order valence-corrected chi connectivity index (χ4v) is 5.74. The fourth-order valence-electron chi connectivity index (χ4n) is 2.69. The minimum absolute atomic E-state index is 0.0537. The molecule has 0 bridgehead atoms. The van der Waals surface area contributed by atoms with Crippen molar-refractivity contribution >= 4 is 44.0 Å². The summed E-state index contributed by atoms with van der Waals surface area (Å²) in [5, 5.41) is 0. The highest BCUT2D eigenvalue weighted by molar-refractivity contribution is 8.26. The number of rotatable bonds is 7. The summed E-state index contributed by atoms with van der Waals surface area (Å²) in [6.07, 6.45) is 3.12. The summed E-state index contributed by atoms with van der Waals surface area (Å²) in [7, 11) is -1.32. The van der Waals surface area contributed by atoms with Gasteiger partial charge in [-0.1, -0.05) is 24.0 Å². The summed E-state index contributed by atoms with van der Waals surface area (Å²) in [5.74, 6) is 0.279. The van der Waals surface area contributed by atoms with Gasteiger partial charge in [-0.15, -0.1) is 0 Å². The quantitative estimate of drug-likeness (QED) is 0.375. The van der Waals surface area contributed by atoms with Crippen LogP contribution in [0.3, 0.4) is 0 Å². The Balaban J connectivity index is 2.06. The van der Waals surface area contributed by atoms with Crippen LogP contribution in [-0.4, -0.2) is 72.8 Å². The monoisotopic (exact) mass is 378 g/mol. The molecule has 2 aliphatic rings. The first-order valence-corrected chi connectivity index (χ1v) is 10.6. The van der Waals surface area contributed by atoms with Crippen molar-refractivity contribution in [3.63, 3.8) is 0 Å². The lowest BCUT2D eigenvalue weighted by Crippen LogP contribution is -2.33. The van der Waals surface area contributed by atoms with E-state index in [4.69, 9.17) is 17.0 Å². The van der Waals surface area contributed by atoms with Gasteiger partial charge in [-0.05, 0) is 19.8 Å². The van der Waals surface area contributed by atoms with Crippen LogP contribution in [0, 0.1) is 0 Å². The van der Waals surface area contributed by atoms with E-state index in [9.17, 15) is 13.2 Å². The lowest BCUT2D eigenvalue weighted by molar-refractivity contribution is -0.122. The van der Waals surface area contributed by atoms with E-state index >= 15 is 0 Å². The molecule has 1 amide bonds. The summed E-state index contributed by atoms with van der Waals surface area (Å²) in [4.78, 5) is 16.6. The van der Waals surface area contributed by atoms with E-state index in [0.29, 0.717) is 35.3 Å². The Kier molecular flexibility index (Phi) is 6.47. The van der Waals surface area contributed by atoms with Gasteiger partial charge >= 0.3 is 0 Å². The highest BCUT2D eigenvalue weighted by atomic mass is 32.2. The fraction of sp³-hybridized carbons (Fsp3) is 0.714. The Morgan fingerprint density at radius 3 is 2.83 bits per heavy atom. The maximum atomic E-state index is 12.5. The molecule has 2 rings (SSSR count). The van der Waals surface area contributed by atoms with Crippen LogP contribution in [0.4, 0.5) is 0 Å². The minimum Gasteiger partial charge on any atom is -0.385 e. The van der Waals surface area contributed by atoms with Gasteiger partial charge in [0.15, 0.2) is 9.84 Å². The number of amides is 1. The SMILES string of the molecule is CCN(/C=C1\SC(=S)N(CCCOC)C1=O)[C@H]1CCS(=O)(=O)C1. The van der Waals surface area contributed by atoms with Gasteiger partial charge < -0.3 is 9.64 Å². The number of thiocarbonyl (C=S) groups is 1. The molecule has 0 aromatic rings. The second kappa shape index (κ2) is 7.96. The zero-order chi connectivity index (χ0) is 17.0. The van der Waals surface area contributed by atoms with E-state index in [2.05, 4.69) is 0 Å². The number of carbonyl (C=O) groups is 1. The third-order valence-electron chi connectivity index (χ3n) is 3.93. The second-order valence-corrected chi connectivity index (χ2v) is 9.46. The molecule has 2 heterocycles. The molecule has 0 N–H and O–H groups in total. The molecule has 0 saturated carbocycles. The normalized spacial score (nSPS) is 25.6. The van der Waals surface area contributed by atoms with Crippen molar-refractivity contribution in [3.8, 4) is 0 Å².